The maximum absolute atomic E-state index is 12.6. The van der Waals surface area contributed by atoms with Crippen molar-refractivity contribution in [2.24, 2.45) is 11.8 Å². The highest BCUT2D eigenvalue weighted by atomic mass is 32.1. The smallest absolute Gasteiger partial charge is 0.308 e. The second-order valence-electron chi connectivity index (χ2n) is 15.8. The molecule has 0 fully saturated rings. The fourth-order valence-electron chi connectivity index (χ4n) is 5.68. The number of aryl methyl sites for hydroxylation is 2. The number of aliphatic hydroxyl groups excluding tert-OH is 1. The third kappa shape index (κ3) is 15.4. The standard InChI is InChI=1S/C24H36O5SSi.C18H22O5S.C2H4O2/c1-16(23(26)28-6)12-19(25)22-14-18-13-17(20(27-5)15-21(18)30-22)10-9-11-29-31(7,8)24(2,3)4;1-11(18(21)23-3)7-14(20)17-9-13-8-12(5-4-6-19)15(22-2)10-16(13)24-17;1-2(3)4/h13-16H,9-12H2,1-8H3;8-11,19H,4-7H2,1-3H3;1H3,(H,3,4)/t16-;11-;/m11./s1. The molecule has 2 aromatic carbocycles. The number of ether oxygens (including phenoxy) is 4. The van der Waals surface area contributed by atoms with Gasteiger partial charge in [-0.25, -0.2) is 0 Å². The zero-order chi connectivity index (χ0) is 44.7. The molecule has 2 aromatic heterocycles. The molecule has 0 spiro atoms. The summed E-state index contributed by atoms with van der Waals surface area (Å²) in [6.07, 6.45) is 3.43. The van der Waals surface area contributed by atoms with E-state index < -0.39 is 26.1 Å². The van der Waals surface area contributed by atoms with Crippen molar-refractivity contribution in [3.05, 3.63) is 57.3 Å². The number of ketones is 2. The summed E-state index contributed by atoms with van der Waals surface area (Å²) in [6.45, 7) is 16.6. The summed E-state index contributed by atoms with van der Waals surface area (Å²) in [4.78, 5) is 58.4. The minimum atomic E-state index is -1.74. The van der Waals surface area contributed by atoms with Crippen LogP contribution in [0.2, 0.25) is 18.1 Å². The molecule has 0 aliphatic heterocycles. The van der Waals surface area contributed by atoms with Gasteiger partial charge in [0.15, 0.2) is 19.9 Å². The molecular weight excluding hydrogens is 813 g/mol. The van der Waals surface area contributed by atoms with Crippen LogP contribution >= 0.6 is 22.7 Å². The van der Waals surface area contributed by atoms with Crippen LogP contribution in [0.5, 0.6) is 11.5 Å². The second-order valence-corrected chi connectivity index (χ2v) is 22.8. The molecule has 0 amide bonds. The van der Waals surface area contributed by atoms with Gasteiger partial charge in [-0.2, -0.15) is 0 Å². The highest BCUT2D eigenvalue weighted by molar-refractivity contribution is 7.21. The van der Waals surface area contributed by atoms with Crippen molar-refractivity contribution in [1.82, 2.24) is 0 Å². The van der Waals surface area contributed by atoms with Crippen LogP contribution in [0.4, 0.5) is 0 Å². The number of carbonyl (C=O) groups excluding carboxylic acids is 4. The van der Waals surface area contributed by atoms with Gasteiger partial charge in [-0.3, -0.25) is 24.0 Å². The van der Waals surface area contributed by atoms with E-state index in [1.807, 2.05) is 30.3 Å². The highest BCUT2D eigenvalue weighted by Gasteiger charge is 2.36. The first-order valence-electron chi connectivity index (χ1n) is 19.5. The lowest BCUT2D eigenvalue weighted by Crippen LogP contribution is -2.41. The minimum absolute atomic E-state index is 0.0395. The minimum Gasteiger partial charge on any atom is -0.496 e. The Morgan fingerprint density at radius 3 is 1.42 bits per heavy atom. The molecule has 12 nitrogen and oxygen atoms in total. The normalized spacial score (nSPS) is 12.4. The van der Waals surface area contributed by atoms with Crippen molar-refractivity contribution < 1.29 is 57.6 Å². The zero-order valence-corrected chi connectivity index (χ0v) is 39.2. The fourth-order valence-corrected chi connectivity index (χ4v) is 8.81. The number of esters is 2. The van der Waals surface area contributed by atoms with Crippen LogP contribution in [0, 0.1) is 11.8 Å². The molecule has 0 aliphatic carbocycles. The lowest BCUT2D eigenvalue weighted by Gasteiger charge is -2.36. The van der Waals surface area contributed by atoms with Crippen molar-refractivity contribution in [1.29, 1.82) is 0 Å². The van der Waals surface area contributed by atoms with Crippen molar-refractivity contribution >= 4 is 80.6 Å². The van der Waals surface area contributed by atoms with Gasteiger partial charge in [-0.05, 0) is 102 Å². The van der Waals surface area contributed by atoms with E-state index in [2.05, 4.69) is 44.7 Å². The molecule has 0 bridgehead atoms. The molecule has 15 heteroatoms. The first-order chi connectivity index (χ1) is 27.6. The van der Waals surface area contributed by atoms with Crippen LogP contribution in [0.25, 0.3) is 20.2 Å². The predicted octanol–water partition coefficient (Wildman–Crippen LogP) is 9.55. The third-order valence-corrected chi connectivity index (χ3v) is 16.9. The maximum atomic E-state index is 12.6. The van der Waals surface area contributed by atoms with Gasteiger partial charge in [0.25, 0.3) is 5.97 Å². The fraction of sp³-hybridized carbons (Fsp3) is 0.523. The summed E-state index contributed by atoms with van der Waals surface area (Å²) in [5, 5.41) is 18.6. The topological polar surface area (TPSA) is 172 Å². The Hall–Kier alpha value is -4.15. The number of hydrogen-bond acceptors (Lipinski definition) is 13. The van der Waals surface area contributed by atoms with Crippen LogP contribution in [-0.2, 0) is 41.1 Å². The van der Waals surface area contributed by atoms with E-state index >= 15 is 0 Å². The number of aliphatic carboxylic acids is 1. The molecule has 59 heavy (non-hydrogen) atoms. The number of carboxylic acids is 1. The van der Waals surface area contributed by atoms with Gasteiger partial charge in [-0.15, -0.1) is 22.7 Å². The number of carboxylic acid groups (broad SMARTS) is 1. The summed E-state index contributed by atoms with van der Waals surface area (Å²) in [6, 6.07) is 11.8. The van der Waals surface area contributed by atoms with E-state index in [0.29, 0.717) is 22.6 Å². The molecule has 2 heterocycles. The summed E-state index contributed by atoms with van der Waals surface area (Å²) in [5.41, 5.74) is 2.13. The van der Waals surface area contributed by atoms with E-state index in [-0.39, 0.29) is 48.0 Å². The molecule has 326 valence electrons. The Bertz CT molecular complexity index is 2040. The zero-order valence-electron chi connectivity index (χ0n) is 36.6. The van der Waals surface area contributed by atoms with Gasteiger partial charge in [-0.1, -0.05) is 34.6 Å². The van der Waals surface area contributed by atoms with Crippen molar-refractivity contribution in [3.8, 4) is 11.5 Å². The number of aliphatic hydroxyl groups is 1. The Morgan fingerprint density at radius 2 is 1.08 bits per heavy atom. The van der Waals surface area contributed by atoms with E-state index in [9.17, 15) is 19.2 Å². The SMILES string of the molecule is CC(=O)O.COC(=O)[C@H](C)CC(=O)c1cc2cc(CCCO)c(OC)cc2s1.COC(=O)[C@H](C)CC(=O)c1cc2cc(CCCO[Si](C)(C)C(C)(C)C)c(OC)cc2s1. The second kappa shape index (κ2) is 23.6. The van der Waals surface area contributed by atoms with Crippen LogP contribution in [-0.4, -0.2) is 89.7 Å². The summed E-state index contributed by atoms with van der Waals surface area (Å²) < 4.78 is 28.7. The molecule has 4 aromatic rings. The van der Waals surface area contributed by atoms with E-state index in [0.717, 1.165) is 69.2 Å². The quantitative estimate of drug-likeness (QED) is 0.0420. The molecule has 0 saturated heterocycles. The number of carbonyl (C=O) groups is 5. The van der Waals surface area contributed by atoms with Gasteiger partial charge in [0, 0.05) is 42.4 Å². The molecule has 2 N–H and O–H groups in total. The number of fused-ring (bicyclic) bond motifs is 2. The van der Waals surface area contributed by atoms with Crippen molar-refractivity contribution in [2.45, 2.75) is 98.2 Å². The van der Waals surface area contributed by atoms with E-state index in [4.69, 9.17) is 33.6 Å². The van der Waals surface area contributed by atoms with E-state index in [1.54, 1.807) is 28.1 Å². The van der Waals surface area contributed by atoms with Gasteiger partial charge in [0.1, 0.15) is 11.5 Å². The summed E-state index contributed by atoms with van der Waals surface area (Å²) >= 11 is 2.84. The molecule has 0 unspecified atom stereocenters. The number of hydrogen-bond donors (Lipinski definition) is 2. The third-order valence-electron chi connectivity index (χ3n) is 10.0. The number of Topliss-reactive ketones (excluding diaryl/α,β-unsaturated/α-hetero) is 2. The average Bonchev–Trinajstić information content (AvgIpc) is 3.80. The Labute approximate surface area is 357 Å². The molecule has 0 radical (unpaired) electrons. The van der Waals surface area contributed by atoms with Crippen LogP contribution in [0.3, 0.4) is 0 Å². The van der Waals surface area contributed by atoms with Gasteiger partial charge < -0.3 is 33.6 Å². The highest BCUT2D eigenvalue weighted by Crippen LogP contribution is 2.38. The molecule has 2 atom stereocenters. The van der Waals surface area contributed by atoms with Crippen LogP contribution < -0.4 is 9.47 Å². The number of methoxy groups -OCH3 is 4. The number of benzene rings is 2. The Balaban J connectivity index is 0.000000382. The molecule has 4 rings (SSSR count). The van der Waals surface area contributed by atoms with Crippen molar-refractivity contribution in [2.75, 3.05) is 41.7 Å². The molecule has 0 aliphatic rings. The molecular formula is C44H62O12S2Si. The first kappa shape index (κ1) is 51.0. The lowest BCUT2D eigenvalue weighted by molar-refractivity contribution is -0.145. The predicted molar refractivity (Wildman–Crippen MR) is 237 cm³/mol. The first-order valence-corrected chi connectivity index (χ1v) is 24.0. The van der Waals surface area contributed by atoms with Gasteiger partial charge >= 0.3 is 11.9 Å². The lowest BCUT2D eigenvalue weighted by atomic mass is 10.0. The van der Waals surface area contributed by atoms with Crippen LogP contribution in [0.15, 0.2) is 36.4 Å². The largest absolute Gasteiger partial charge is 0.496 e. The average molecular weight is 875 g/mol. The van der Waals surface area contributed by atoms with Crippen molar-refractivity contribution in [3.63, 3.8) is 0 Å². The Morgan fingerprint density at radius 1 is 0.695 bits per heavy atom. The van der Waals surface area contributed by atoms with E-state index in [1.165, 1.54) is 36.9 Å². The summed E-state index contributed by atoms with van der Waals surface area (Å²) in [7, 11) is 4.21. The molecule has 0 saturated carbocycles. The Kier molecular flexibility index (Phi) is 20.4. The number of rotatable bonds is 18. The van der Waals surface area contributed by atoms with Crippen LogP contribution in [0.1, 0.15) is 97.7 Å². The monoisotopic (exact) mass is 874 g/mol. The van der Waals surface area contributed by atoms with Gasteiger partial charge in [0.2, 0.25) is 0 Å². The number of thiophene rings is 2. The van der Waals surface area contributed by atoms with Gasteiger partial charge in [0.05, 0.1) is 50.0 Å². The summed E-state index contributed by atoms with van der Waals surface area (Å²) in [5.74, 6) is -0.984. The maximum Gasteiger partial charge on any atom is 0.308 e.